The van der Waals surface area contributed by atoms with E-state index in [-0.39, 0.29) is 30.5 Å². The third kappa shape index (κ3) is 4.41. The van der Waals surface area contributed by atoms with E-state index in [9.17, 15) is 14.0 Å². The van der Waals surface area contributed by atoms with E-state index < -0.39 is 18.1 Å². The molecule has 0 atom stereocenters. The summed E-state index contributed by atoms with van der Waals surface area (Å²) in [5, 5.41) is 2.50. The zero-order valence-corrected chi connectivity index (χ0v) is 15.4. The molecule has 1 aromatic carbocycles. The molecule has 26 heavy (non-hydrogen) atoms. The van der Waals surface area contributed by atoms with Gasteiger partial charge in [-0.1, -0.05) is 6.92 Å². The Morgan fingerprint density at radius 3 is 2.73 bits per heavy atom. The van der Waals surface area contributed by atoms with E-state index in [0.29, 0.717) is 12.2 Å². The van der Waals surface area contributed by atoms with Gasteiger partial charge in [0.05, 0.1) is 17.9 Å². The fourth-order valence-electron chi connectivity index (χ4n) is 2.55. The average Bonchev–Trinajstić information content (AvgIpc) is 2.63. The summed E-state index contributed by atoms with van der Waals surface area (Å²) in [6, 6.07) is 2.05. The second kappa shape index (κ2) is 8.81. The Hall–Kier alpha value is -2.39. The van der Waals surface area contributed by atoms with E-state index in [0.717, 1.165) is 6.42 Å². The van der Waals surface area contributed by atoms with Crippen molar-refractivity contribution in [3.63, 3.8) is 0 Å². The third-order valence-electron chi connectivity index (χ3n) is 3.98. The maximum Gasteiger partial charge on any atom is 0.321 e. The molecule has 1 aliphatic rings. The number of amides is 3. The van der Waals surface area contributed by atoms with Crippen LogP contribution in [-0.2, 0) is 14.3 Å². The normalized spacial score (nSPS) is 13.5. The highest BCUT2D eigenvalue weighted by atomic mass is 19.1. The van der Waals surface area contributed by atoms with E-state index in [4.69, 9.17) is 14.2 Å². The molecule has 0 aliphatic carbocycles. The number of hydrogen-bond donors (Lipinski definition) is 1. The van der Waals surface area contributed by atoms with Gasteiger partial charge in [0.15, 0.2) is 18.7 Å². The second-order valence-corrected chi connectivity index (χ2v) is 5.85. The number of likely N-dealkylation sites (N-methyl/N-ethyl adjacent to an activating group) is 1. The molecule has 144 valence electrons. The molecular weight excluding hydrogens is 345 g/mol. The molecule has 1 aliphatic heterocycles. The van der Waals surface area contributed by atoms with Gasteiger partial charge in [0, 0.05) is 33.9 Å². The van der Waals surface area contributed by atoms with Crippen molar-refractivity contribution in [1.29, 1.82) is 0 Å². The molecule has 1 heterocycles. The standard InChI is InChI=1S/C17H24FN3O5/c1-5-6-21-13-8-12(11(18)7-14(13)26-10-15(21)22)19-17(23)20(2)9-16(24-3)25-4/h7-8,16H,5-6,9-10H2,1-4H3,(H,19,23). The van der Waals surface area contributed by atoms with Gasteiger partial charge in [-0.25, -0.2) is 9.18 Å². The fraction of sp³-hybridized carbons (Fsp3) is 0.529. The molecule has 0 aromatic heterocycles. The van der Waals surface area contributed by atoms with Crippen LogP contribution >= 0.6 is 0 Å². The van der Waals surface area contributed by atoms with Gasteiger partial charge >= 0.3 is 6.03 Å². The smallest absolute Gasteiger partial charge is 0.321 e. The molecule has 0 saturated carbocycles. The van der Waals surface area contributed by atoms with Crippen LogP contribution in [0, 0.1) is 5.82 Å². The molecule has 2 rings (SSSR count). The van der Waals surface area contributed by atoms with Gasteiger partial charge in [-0.05, 0) is 12.5 Å². The van der Waals surface area contributed by atoms with E-state index >= 15 is 0 Å². The molecular formula is C17H24FN3O5. The zero-order chi connectivity index (χ0) is 19.3. The number of fused-ring (bicyclic) bond motifs is 1. The number of urea groups is 1. The van der Waals surface area contributed by atoms with Gasteiger partial charge < -0.3 is 29.3 Å². The summed E-state index contributed by atoms with van der Waals surface area (Å²) in [7, 11) is 4.46. The number of rotatable bonds is 7. The quantitative estimate of drug-likeness (QED) is 0.744. The summed E-state index contributed by atoms with van der Waals surface area (Å²) < 4.78 is 29.7. The molecule has 1 N–H and O–H groups in total. The van der Waals surface area contributed by atoms with Gasteiger partial charge in [-0.3, -0.25) is 4.79 Å². The number of ether oxygens (including phenoxy) is 3. The first-order valence-electron chi connectivity index (χ1n) is 8.25. The Labute approximate surface area is 151 Å². The van der Waals surface area contributed by atoms with Crippen molar-refractivity contribution < 1.29 is 28.2 Å². The lowest BCUT2D eigenvalue weighted by molar-refractivity contribution is -0.121. The summed E-state index contributed by atoms with van der Waals surface area (Å²) in [6.07, 6.45) is 0.146. The number of benzene rings is 1. The molecule has 0 unspecified atom stereocenters. The van der Waals surface area contributed by atoms with Crippen molar-refractivity contribution in [2.75, 3.05) is 51.2 Å². The summed E-state index contributed by atoms with van der Waals surface area (Å²) in [6.45, 7) is 2.45. The van der Waals surface area contributed by atoms with Gasteiger partial charge in [-0.15, -0.1) is 0 Å². The minimum atomic E-state index is -0.647. The molecule has 0 radical (unpaired) electrons. The zero-order valence-electron chi connectivity index (χ0n) is 15.4. The lowest BCUT2D eigenvalue weighted by Gasteiger charge is -2.30. The number of halogens is 1. The number of hydrogen-bond acceptors (Lipinski definition) is 5. The first-order valence-corrected chi connectivity index (χ1v) is 8.25. The maximum atomic E-state index is 14.3. The topological polar surface area (TPSA) is 80.3 Å². The predicted molar refractivity (Wildman–Crippen MR) is 94.0 cm³/mol. The summed E-state index contributed by atoms with van der Waals surface area (Å²) in [4.78, 5) is 27.2. The van der Waals surface area contributed by atoms with Crippen LogP contribution in [0.2, 0.25) is 0 Å². The van der Waals surface area contributed by atoms with Crippen molar-refractivity contribution in [2.45, 2.75) is 19.6 Å². The highest BCUT2D eigenvalue weighted by Crippen LogP contribution is 2.36. The van der Waals surface area contributed by atoms with Crippen molar-refractivity contribution in [1.82, 2.24) is 4.90 Å². The Bertz CT molecular complexity index is 666. The van der Waals surface area contributed by atoms with E-state index in [1.165, 1.54) is 43.2 Å². The lowest BCUT2D eigenvalue weighted by Crippen LogP contribution is -2.40. The summed E-state index contributed by atoms with van der Waals surface area (Å²) >= 11 is 0. The van der Waals surface area contributed by atoms with Crippen LogP contribution in [0.3, 0.4) is 0 Å². The highest BCUT2D eigenvalue weighted by molar-refractivity contribution is 5.99. The number of carbonyl (C=O) groups is 2. The summed E-state index contributed by atoms with van der Waals surface area (Å²) in [5.41, 5.74) is 0.403. The second-order valence-electron chi connectivity index (χ2n) is 5.85. The molecule has 0 saturated heterocycles. The van der Waals surface area contributed by atoms with Crippen LogP contribution in [0.4, 0.5) is 20.6 Å². The predicted octanol–water partition coefficient (Wildman–Crippen LogP) is 2.04. The van der Waals surface area contributed by atoms with Crippen molar-refractivity contribution in [3.05, 3.63) is 17.9 Å². The van der Waals surface area contributed by atoms with Crippen LogP contribution < -0.4 is 15.0 Å². The van der Waals surface area contributed by atoms with Gasteiger partial charge in [0.1, 0.15) is 5.75 Å². The molecule has 3 amide bonds. The summed E-state index contributed by atoms with van der Waals surface area (Å²) in [5.74, 6) is -0.574. The first kappa shape index (κ1) is 19.9. The van der Waals surface area contributed by atoms with E-state index in [2.05, 4.69) is 5.32 Å². The molecule has 0 spiro atoms. The van der Waals surface area contributed by atoms with Gasteiger partial charge in [-0.2, -0.15) is 0 Å². The minimum Gasteiger partial charge on any atom is -0.481 e. The van der Waals surface area contributed by atoms with Crippen molar-refractivity contribution in [2.24, 2.45) is 0 Å². The Kier molecular flexibility index (Phi) is 6.76. The van der Waals surface area contributed by atoms with Crippen LogP contribution in [-0.4, -0.2) is 64.1 Å². The maximum absolute atomic E-state index is 14.3. The number of methoxy groups -OCH3 is 2. The number of nitrogens with one attached hydrogen (secondary N) is 1. The number of nitrogens with zero attached hydrogens (tertiary/aromatic N) is 2. The molecule has 9 heteroatoms. The molecule has 1 aromatic rings. The van der Waals surface area contributed by atoms with Crippen LogP contribution in [0.1, 0.15) is 13.3 Å². The lowest BCUT2D eigenvalue weighted by atomic mass is 10.2. The van der Waals surface area contributed by atoms with E-state index in [1.807, 2.05) is 6.92 Å². The third-order valence-corrected chi connectivity index (χ3v) is 3.98. The first-order chi connectivity index (χ1) is 12.4. The van der Waals surface area contributed by atoms with Crippen molar-refractivity contribution >= 4 is 23.3 Å². The van der Waals surface area contributed by atoms with Crippen LogP contribution in [0.15, 0.2) is 12.1 Å². The molecule has 0 bridgehead atoms. The van der Waals surface area contributed by atoms with E-state index in [1.54, 1.807) is 0 Å². The van der Waals surface area contributed by atoms with Gasteiger partial charge in [0.2, 0.25) is 0 Å². The highest BCUT2D eigenvalue weighted by Gasteiger charge is 2.27. The average molecular weight is 369 g/mol. The molecule has 8 nitrogen and oxygen atoms in total. The Balaban J connectivity index is 2.20. The number of anilines is 2. The van der Waals surface area contributed by atoms with Crippen LogP contribution in [0.25, 0.3) is 0 Å². The molecule has 0 fully saturated rings. The Morgan fingerprint density at radius 2 is 2.12 bits per heavy atom. The van der Waals surface area contributed by atoms with Gasteiger partial charge in [0.25, 0.3) is 5.91 Å². The minimum absolute atomic E-state index is 0.0358. The van der Waals surface area contributed by atoms with Crippen LogP contribution in [0.5, 0.6) is 5.75 Å². The fourth-order valence-corrected chi connectivity index (χ4v) is 2.55. The SMILES string of the molecule is CCCN1C(=O)COc2cc(F)c(NC(=O)N(C)CC(OC)OC)cc21. The Morgan fingerprint density at radius 1 is 1.42 bits per heavy atom. The van der Waals surface area contributed by atoms with Crippen molar-refractivity contribution in [3.8, 4) is 5.75 Å². The number of carbonyl (C=O) groups excluding carboxylic acids is 2. The largest absolute Gasteiger partial charge is 0.481 e. The monoisotopic (exact) mass is 369 g/mol.